The van der Waals surface area contributed by atoms with Crippen molar-refractivity contribution < 1.29 is 9.53 Å². The van der Waals surface area contributed by atoms with Gasteiger partial charge in [-0.2, -0.15) is 0 Å². The lowest BCUT2D eigenvalue weighted by Gasteiger charge is -2.21. The van der Waals surface area contributed by atoms with Crippen molar-refractivity contribution in [2.75, 3.05) is 38.7 Å². The SMILES string of the molecule is COCCNc1ccc(C(=O)N2CCCC(c3ccccc3)CC2)cn1. The number of pyridine rings is 1. The normalized spacial score (nSPS) is 17.6. The van der Waals surface area contributed by atoms with Gasteiger partial charge in [-0.15, -0.1) is 0 Å². The van der Waals surface area contributed by atoms with E-state index in [1.165, 1.54) is 5.56 Å². The molecule has 3 rings (SSSR count). The van der Waals surface area contributed by atoms with E-state index in [9.17, 15) is 4.79 Å². The van der Waals surface area contributed by atoms with Crippen LogP contribution in [0.3, 0.4) is 0 Å². The number of ether oxygens (including phenoxy) is 1. The van der Waals surface area contributed by atoms with Crippen LogP contribution in [0.2, 0.25) is 0 Å². The summed E-state index contributed by atoms with van der Waals surface area (Å²) < 4.78 is 5.01. The zero-order chi connectivity index (χ0) is 18.2. The first-order valence-electron chi connectivity index (χ1n) is 9.31. The highest BCUT2D eigenvalue weighted by molar-refractivity contribution is 5.94. The van der Waals surface area contributed by atoms with Crippen molar-refractivity contribution in [3.05, 3.63) is 59.8 Å². The summed E-state index contributed by atoms with van der Waals surface area (Å²) in [7, 11) is 1.67. The molecule has 1 aromatic heterocycles. The summed E-state index contributed by atoms with van der Waals surface area (Å²) in [5.74, 6) is 1.38. The Bertz CT molecular complexity index is 688. The van der Waals surface area contributed by atoms with E-state index < -0.39 is 0 Å². The molecular weight excluding hydrogens is 326 g/mol. The molecule has 138 valence electrons. The monoisotopic (exact) mass is 353 g/mol. The Morgan fingerprint density at radius 3 is 2.77 bits per heavy atom. The summed E-state index contributed by atoms with van der Waals surface area (Å²) in [5.41, 5.74) is 2.04. The molecule has 0 bridgehead atoms. The molecule has 0 radical (unpaired) electrons. The van der Waals surface area contributed by atoms with Crippen LogP contribution in [0.4, 0.5) is 5.82 Å². The first-order chi connectivity index (χ1) is 12.8. The quantitative estimate of drug-likeness (QED) is 0.807. The second kappa shape index (κ2) is 9.34. The van der Waals surface area contributed by atoms with Crippen LogP contribution in [-0.2, 0) is 4.74 Å². The summed E-state index contributed by atoms with van der Waals surface area (Å²) >= 11 is 0. The highest BCUT2D eigenvalue weighted by atomic mass is 16.5. The molecule has 1 aliphatic rings. The van der Waals surface area contributed by atoms with Crippen LogP contribution < -0.4 is 5.32 Å². The van der Waals surface area contributed by atoms with E-state index >= 15 is 0 Å². The Morgan fingerprint density at radius 2 is 2.04 bits per heavy atom. The standard InChI is InChI=1S/C21H27N3O2/c1-26-15-12-22-20-10-9-19(16-23-20)21(25)24-13-5-8-18(11-14-24)17-6-3-2-4-7-17/h2-4,6-7,9-10,16,18H,5,8,11-15H2,1H3,(H,22,23). The second-order valence-corrected chi connectivity index (χ2v) is 6.68. The number of aromatic nitrogens is 1. The van der Waals surface area contributed by atoms with E-state index in [4.69, 9.17) is 4.74 Å². The summed E-state index contributed by atoms with van der Waals surface area (Å²) in [5, 5.41) is 3.16. The van der Waals surface area contributed by atoms with Crippen LogP contribution in [0.15, 0.2) is 48.7 Å². The molecule has 0 aliphatic carbocycles. The summed E-state index contributed by atoms with van der Waals surface area (Å²) in [4.78, 5) is 19.1. The Balaban J connectivity index is 1.58. The lowest BCUT2D eigenvalue weighted by Crippen LogP contribution is -2.32. The minimum Gasteiger partial charge on any atom is -0.383 e. The van der Waals surface area contributed by atoms with Crippen molar-refractivity contribution in [3.8, 4) is 0 Å². The van der Waals surface area contributed by atoms with Gasteiger partial charge in [0.15, 0.2) is 0 Å². The van der Waals surface area contributed by atoms with E-state index in [-0.39, 0.29) is 5.91 Å². The van der Waals surface area contributed by atoms with Crippen molar-refractivity contribution in [2.24, 2.45) is 0 Å². The molecule has 1 atom stereocenters. The first kappa shape index (κ1) is 18.4. The Labute approximate surface area is 155 Å². The fourth-order valence-corrected chi connectivity index (χ4v) is 3.45. The molecular formula is C21H27N3O2. The van der Waals surface area contributed by atoms with Crippen molar-refractivity contribution in [3.63, 3.8) is 0 Å². The van der Waals surface area contributed by atoms with E-state index in [1.807, 2.05) is 17.0 Å². The number of anilines is 1. The smallest absolute Gasteiger partial charge is 0.255 e. The molecule has 1 fully saturated rings. The van der Waals surface area contributed by atoms with Gasteiger partial charge in [-0.25, -0.2) is 4.98 Å². The van der Waals surface area contributed by atoms with Crippen molar-refractivity contribution in [1.82, 2.24) is 9.88 Å². The molecule has 2 heterocycles. The number of benzene rings is 1. The van der Waals surface area contributed by atoms with Gasteiger partial charge in [0.2, 0.25) is 0 Å². The average molecular weight is 353 g/mol. The van der Waals surface area contributed by atoms with Crippen LogP contribution >= 0.6 is 0 Å². The van der Waals surface area contributed by atoms with Crippen molar-refractivity contribution in [1.29, 1.82) is 0 Å². The van der Waals surface area contributed by atoms with Crippen molar-refractivity contribution in [2.45, 2.75) is 25.2 Å². The number of nitrogens with one attached hydrogen (secondary N) is 1. The molecule has 1 amide bonds. The van der Waals surface area contributed by atoms with E-state index in [0.29, 0.717) is 24.6 Å². The third kappa shape index (κ3) is 4.82. The lowest BCUT2D eigenvalue weighted by molar-refractivity contribution is 0.0760. The number of nitrogens with zero attached hydrogens (tertiary/aromatic N) is 2. The summed E-state index contributed by atoms with van der Waals surface area (Å²) in [6.07, 6.45) is 4.85. The van der Waals surface area contributed by atoms with Crippen LogP contribution in [-0.4, -0.2) is 49.1 Å². The number of hydrogen-bond acceptors (Lipinski definition) is 4. The van der Waals surface area contributed by atoms with Gasteiger partial charge < -0.3 is 15.0 Å². The van der Waals surface area contributed by atoms with Gasteiger partial charge in [0.25, 0.3) is 5.91 Å². The van der Waals surface area contributed by atoms with Crippen LogP contribution in [0.25, 0.3) is 0 Å². The maximum absolute atomic E-state index is 12.8. The zero-order valence-electron chi connectivity index (χ0n) is 15.4. The highest BCUT2D eigenvalue weighted by Gasteiger charge is 2.22. The Morgan fingerprint density at radius 1 is 1.19 bits per heavy atom. The van der Waals surface area contributed by atoms with Crippen LogP contribution in [0, 0.1) is 0 Å². The maximum atomic E-state index is 12.8. The first-order valence-corrected chi connectivity index (χ1v) is 9.31. The van der Waals surface area contributed by atoms with Gasteiger partial charge in [0.1, 0.15) is 5.82 Å². The Kier molecular flexibility index (Phi) is 6.61. The Hall–Kier alpha value is -2.40. The number of rotatable bonds is 6. The molecule has 0 saturated carbocycles. The number of carbonyl (C=O) groups excluding carboxylic acids is 1. The summed E-state index contributed by atoms with van der Waals surface area (Å²) in [6.45, 7) is 2.94. The van der Waals surface area contributed by atoms with E-state index in [1.54, 1.807) is 13.3 Å². The van der Waals surface area contributed by atoms with E-state index in [2.05, 4.69) is 40.6 Å². The molecule has 1 aromatic carbocycles. The second-order valence-electron chi connectivity index (χ2n) is 6.68. The molecule has 2 aromatic rings. The van der Waals surface area contributed by atoms with Gasteiger partial charge in [0, 0.05) is 32.9 Å². The van der Waals surface area contributed by atoms with Gasteiger partial charge in [-0.3, -0.25) is 4.79 Å². The van der Waals surface area contributed by atoms with Crippen LogP contribution in [0.5, 0.6) is 0 Å². The fourth-order valence-electron chi connectivity index (χ4n) is 3.45. The minimum atomic E-state index is 0.0784. The number of likely N-dealkylation sites (tertiary alicyclic amines) is 1. The number of hydrogen-bond donors (Lipinski definition) is 1. The molecule has 1 unspecified atom stereocenters. The topological polar surface area (TPSA) is 54.5 Å². The maximum Gasteiger partial charge on any atom is 0.255 e. The van der Waals surface area contributed by atoms with Crippen LogP contribution in [0.1, 0.15) is 41.1 Å². The number of carbonyl (C=O) groups is 1. The number of methoxy groups -OCH3 is 1. The molecule has 1 N–H and O–H groups in total. The molecule has 0 spiro atoms. The molecule has 1 saturated heterocycles. The average Bonchev–Trinajstić information content (AvgIpc) is 2.95. The molecule has 5 heteroatoms. The van der Waals surface area contributed by atoms with E-state index in [0.717, 1.165) is 38.2 Å². The molecule has 26 heavy (non-hydrogen) atoms. The van der Waals surface area contributed by atoms with Gasteiger partial charge in [-0.1, -0.05) is 30.3 Å². The summed E-state index contributed by atoms with van der Waals surface area (Å²) in [6, 6.07) is 14.3. The minimum absolute atomic E-state index is 0.0784. The lowest BCUT2D eigenvalue weighted by atomic mass is 9.92. The highest BCUT2D eigenvalue weighted by Crippen LogP contribution is 2.28. The molecule has 5 nitrogen and oxygen atoms in total. The van der Waals surface area contributed by atoms with Gasteiger partial charge in [-0.05, 0) is 42.9 Å². The van der Waals surface area contributed by atoms with Gasteiger partial charge >= 0.3 is 0 Å². The number of amides is 1. The fraction of sp³-hybridized carbons (Fsp3) is 0.429. The predicted octanol–water partition coefficient (Wildman–Crippen LogP) is 3.55. The molecule has 1 aliphatic heterocycles. The third-order valence-electron chi connectivity index (χ3n) is 4.91. The third-order valence-corrected chi connectivity index (χ3v) is 4.91. The van der Waals surface area contributed by atoms with Crippen molar-refractivity contribution >= 4 is 11.7 Å². The predicted molar refractivity (Wildman–Crippen MR) is 104 cm³/mol. The zero-order valence-corrected chi connectivity index (χ0v) is 15.4. The largest absolute Gasteiger partial charge is 0.383 e. The van der Waals surface area contributed by atoms with Gasteiger partial charge in [0.05, 0.1) is 12.2 Å².